The van der Waals surface area contributed by atoms with Gasteiger partial charge in [-0.3, -0.25) is 9.69 Å². The Hall–Kier alpha value is -1.85. The Morgan fingerprint density at radius 2 is 1.92 bits per heavy atom. The molecule has 2 aliphatic rings. The van der Waals surface area contributed by atoms with Crippen LogP contribution in [0.2, 0.25) is 0 Å². The molecule has 2 aromatic rings. The molecule has 2 fully saturated rings. The first-order valence-electron chi connectivity index (χ1n) is 9.33. The SMILES string of the molecule is C[C@@H]1CN(C2CCN(C(=O)c3cc4ccccc4n3C)CC2)CCO1. The fraction of sp³-hybridized carbons (Fsp3) is 0.550. The maximum absolute atomic E-state index is 13.0. The Kier molecular flexibility index (Phi) is 4.52. The van der Waals surface area contributed by atoms with Gasteiger partial charge in [0.05, 0.1) is 12.7 Å². The van der Waals surface area contributed by atoms with Crippen molar-refractivity contribution in [2.45, 2.75) is 31.9 Å². The lowest BCUT2D eigenvalue weighted by Gasteiger charge is -2.41. The van der Waals surface area contributed by atoms with Gasteiger partial charge in [-0.25, -0.2) is 0 Å². The summed E-state index contributed by atoms with van der Waals surface area (Å²) in [6, 6.07) is 10.8. The number of amides is 1. The Morgan fingerprint density at radius 1 is 1.16 bits per heavy atom. The van der Waals surface area contributed by atoms with Crippen molar-refractivity contribution >= 4 is 16.8 Å². The second-order valence-corrected chi connectivity index (χ2v) is 7.35. The van der Waals surface area contributed by atoms with Gasteiger partial charge in [-0.1, -0.05) is 18.2 Å². The van der Waals surface area contributed by atoms with E-state index in [1.807, 2.05) is 34.7 Å². The quantitative estimate of drug-likeness (QED) is 0.842. The normalized spacial score (nSPS) is 23.3. The van der Waals surface area contributed by atoms with Gasteiger partial charge in [0.2, 0.25) is 0 Å². The number of carbonyl (C=O) groups is 1. The fourth-order valence-electron chi connectivity index (χ4n) is 4.27. The molecule has 1 atom stereocenters. The third-order valence-corrected chi connectivity index (χ3v) is 5.71. The van der Waals surface area contributed by atoms with E-state index < -0.39 is 0 Å². The van der Waals surface area contributed by atoms with Gasteiger partial charge in [0.1, 0.15) is 5.69 Å². The summed E-state index contributed by atoms with van der Waals surface area (Å²) in [4.78, 5) is 17.6. The van der Waals surface area contributed by atoms with Crippen LogP contribution in [0.25, 0.3) is 10.9 Å². The van der Waals surface area contributed by atoms with Crippen molar-refractivity contribution in [3.63, 3.8) is 0 Å². The number of aryl methyl sites for hydroxylation is 1. The summed E-state index contributed by atoms with van der Waals surface area (Å²) in [6.07, 6.45) is 2.44. The molecule has 1 aromatic heterocycles. The van der Waals surface area contributed by atoms with Crippen molar-refractivity contribution in [3.8, 4) is 0 Å². The van der Waals surface area contributed by atoms with E-state index in [0.717, 1.165) is 62.2 Å². The molecule has 0 N–H and O–H groups in total. The molecule has 2 aliphatic heterocycles. The lowest BCUT2D eigenvalue weighted by Crippen LogP contribution is -2.51. The van der Waals surface area contributed by atoms with Gasteiger partial charge in [-0.15, -0.1) is 0 Å². The fourth-order valence-corrected chi connectivity index (χ4v) is 4.27. The average molecular weight is 341 g/mol. The van der Waals surface area contributed by atoms with Gasteiger partial charge in [-0.05, 0) is 31.9 Å². The predicted molar refractivity (Wildman–Crippen MR) is 98.8 cm³/mol. The van der Waals surface area contributed by atoms with E-state index in [4.69, 9.17) is 4.74 Å². The van der Waals surface area contributed by atoms with Crippen LogP contribution in [0.15, 0.2) is 30.3 Å². The first kappa shape index (κ1) is 16.6. The summed E-state index contributed by atoms with van der Waals surface area (Å²) in [5.74, 6) is 0.160. The van der Waals surface area contributed by atoms with E-state index in [0.29, 0.717) is 12.1 Å². The predicted octanol–water partition coefficient (Wildman–Crippen LogP) is 2.50. The number of morpholine rings is 1. The minimum Gasteiger partial charge on any atom is -0.376 e. The highest BCUT2D eigenvalue weighted by Crippen LogP contribution is 2.23. The first-order valence-corrected chi connectivity index (χ1v) is 9.33. The zero-order valence-electron chi connectivity index (χ0n) is 15.1. The molecule has 4 rings (SSSR count). The van der Waals surface area contributed by atoms with E-state index in [9.17, 15) is 4.79 Å². The minimum absolute atomic E-state index is 0.160. The smallest absolute Gasteiger partial charge is 0.270 e. The molecule has 1 aromatic carbocycles. The zero-order valence-corrected chi connectivity index (χ0v) is 15.1. The second-order valence-electron chi connectivity index (χ2n) is 7.35. The molecule has 134 valence electrons. The molecule has 0 unspecified atom stereocenters. The summed E-state index contributed by atoms with van der Waals surface area (Å²) in [6.45, 7) is 6.70. The molecule has 0 bridgehead atoms. The molecule has 0 radical (unpaired) electrons. The monoisotopic (exact) mass is 341 g/mol. The highest BCUT2D eigenvalue weighted by Gasteiger charge is 2.30. The Labute approximate surface area is 149 Å². The molecule has 1 amide bonds. The van der Waals surface area contributed by atoms with Crippen molar-refractivity contribution in [2.75, 3.05) is 32.8 Å². The number of likely N-dealkylation sites (tertiary alicyclic amines) is 1. The van der Waals surface area contributed by atoms with Crippen LogP contribution in [0.5, 0.6) is 0 Å². The van der Waals surface area contributed by atoms with E-state index in [2.05, 4.69) is 24.0 Å². The van der Waals surface area contributed by atoms with Crippen LogP contribution in [-0.4, -0.2) is 65.2 Å². The van der Waals surface area contributed by atoms with Crippen LogP contribution in [0.1, 0.15) is 30.3 Å². The number of nitrogens with zero attached hydrogens (tertiary/aromatic N) is 3. The lowest BCUT2D eigenvalue weighted by atomic mass is 10.0. The van der Waals surface area contributed by atoms with E-state index in [1.165, 1.54) is 0 Å². The second kappa shape index (κ2) is 6.81. The Bertz CT molecular complexity index is 761. The van der Waals surface area contributed by atoms with Crippen molar-refractivity contribution < 1.29 is 9.53 Å². The number of ether oxygens (including phenoxy) is 1. The van der Waals surface area contributed by atoms with Crippen LogP contribution in [0, 0.1) is 0 Å². The van der Waals surface area contributed by atoms with E-state index in [1.54, 1.807) is 0 Å². The van der Waals surface area contributed by atoms with Crippen LogP contribution < -0.4 is 0 Å². The van der Waals surface area contributed by atoms with Crippen LogP contribution in [0.3, 0.4) is 0 Å². The first-order chi connectivity index (χ1) is 12.1. The maximum Gasteiger partial charge on any atom is 0.270 e. The zero-order chi connectivity index (χ0) is 17.4. The number of piperidine rings is 1. The van der Waals surface area contributed by atoms with Crippen LogP contribution >= 0.6 is 0 Å². The number of aromatic nitrogens is 1. The third-order valence-electron chi connectivity index (χ3n) is 5.71. The van der Waals surface area contributed by atoms with Crippen molar-refractivity contribution in [1.82, 2.24) is 14.4 Å². The standard InChI is InChI=1S/C20H27N3O2/c1-15-14-23(11-12-25-15)17-7-9-22(10-8-17)20(24)19-13-16-5-3-4-6-18(16)21(19)2/h3-6,13,15,17H,7-12,14H2,1-2H3/t15-/m1/s1. The number of rotatable bonds is 2. The molecular weight excluding hydrogens is 314 g/mol. The summed E-state index contributed by atoms with van der Waals surface area (Å²) < 4.78 is 7.67. The number of para-hydroxylation sites is 1. The van der Waals surface area contributed by atoms with Gasteiger partial charge >= 0.3 is 0 Å². The molecule has 5 nitrogen and oxygen atoms in total. The molecule has 25 heavy (non-hydrogen) atoms. The van der Waals surface area contributed by atoms with E-state index >= 15 is 0 Å². The minimum atomic E-state index is 0.160. The number of hydrogen-bond acceptors (Lipinski definition) is 3. The van der Waals surface area contributed by atoms with Crippen molar-refractivity contribution in [1.29, 1.82) is 0 Å². The van der Waals surface area contributed by atoms with Gasteiger partial charge in [0.15, 0.2) is 0 Å². The maximum atomic E-state index is 13.0. The lowest BCUT2D eigenvalue weighted by molar-refractivity contribution is -0.0424. The van der Waals surface area contributed by atoms with Crippen LogP contribution in [-0.2, 0) is 11.8 Å². The van der Waals surface area contributed by atoms with Gasteiger partial charge in [0, 0.05) is 50.2 Å². The largest absolute Gasteiger partial charge is 0.376 e. The summed E-state index contributed by atoms with van der Waals surface area (Å²) in [5.41, 5.74) is 1.91. The molecule has 3 heterocycles. The Morgan fingerprint density at radius 3 is 2.64 bits per heavy atom. The van der Waals surface area contributed by atoms with E-state index in [-0.39, 0.29) is 5.91 Å². The van der Waals surface area contributed by atoms with Crippen LogP contribution in [0.4, 0.5) is 0 Å². The van der Waals surface area contributed by atoms with Gasteiger partial charge in [-0.2, -0.15) is 0 Å². The summed E-state index contributed by atoms with van der Waals surface area (Å²) >= 11 is 0. The Balaban J connectivity index is 1.43. The third kappa shape index (κ3) is 3.18. The van der Waals surface area contributed by atoms with Crippen molar-refractivity contribution in [2.24, 2.45) is 7.05 Å². The topological polar surface area (TPSA) is 37.7 Å². The highest BCUT2D eigenvalue weighted by molar-refractivity contribution is 5.98. The van der Waals surface area contributed by atoms with Crippen molar-refractivity contribution in [3.05, 3.63) is 36.0 Å². The van der Waals surface area contributed by atoms with Gasteiger partial charge < -0.3 is 14.2 Å². The number of carbonyl (C=O) groups excluding carboxylic acids is 1. The highest BCUT2D eigenvalue weighted by atomic mass is 16.5. The molecule has 0 aliphatic carbocycles. The molecule has 5 heteroatoms. The summed E-state index contributed by atoms with van der Waals surface area (Å²) in [5, 5.41) is 1.13. The molecule has 0 saturated carbocycles. The summed E-state index contributed by atoms with van der Waals surface area (Å²) in [7, 11) is 1.98. The molecular formula is C20H27N3O2. The van der Waals surface area contributed by atoms with Gasteiger partial charge in [0.25, 0.3) is 5.91 Å². The number of hydrogen-bond donors (Lipinski definition) is 0. The number of fused-ring (bicyclic) bond motifs is 1. The average Bonchev–Trinajstić information content (AvgIpc) is 2.98. The number of benzene rings is 1. The molecule has 2 saturated heterocycles. The molecule has 0 spiro atoms.